The van der Waals surface area contributed by atoms with Crippen LogP contribution in [-0.4, -0.2) is 60.1 Å². The summed E-state index contributed by atoms with van der Waals surface area (Å²) in [4.78, 5) is 0. The smallest absolute Gasteiger partial charge is 0.119 e. The van der Waals surface area contributed by atoms with E-state index in [0.29, 0.717) is 0 Å². The minimum absolute atomic E-state index is 0.0167. The van der Waals surface area contributed by atoms with Crippen LogP contribution in [-0.2, 0) is 5.41 Å². The summed E-state index contributed by atoms with van der Waals surface area (Å²) in [6.07, 6.45) is 0. The van der Waals surface area contributed by atoms with Gasteiger partial charge in [0, 0.05) is 0 Å². The molecule has 6 nitrogen and oxygen atoms in total. The number of aliphatic hydroxyl groups excluding tert-OH is 4. The van der Waals surface area contributed by atoms with E-state index in [0.717, 1.165) is 22.6 Å². The first-order valence-corrected chi connectivity index (χ1v) is 12.3. The van der Waals surface area contributed by atoms with Gasteiger partial charge in [-0.15, -0.1) is 0 Å². The summed E-state index contributed by atoms with van der Waals surface area (Å²) in [5.74, 6) is 1.46. The molecule has 0 aliphatic heterocycles. The summed E-state index contributed by atoms with van der Waals surface area (Å²) in [5, 5.41) is 33.4. The average molecular weight is 501 g/mol. The lowest BCUT2D eigenvalue weighted by Gasteiger charge is -2.34. The largest absolute Gasteiger partial charge is 0.491 e. The zero-order chi connectivity index (χ0) is 26.1. The minimum atomic E-state index is -0.488. The second-order valence-electron chi connectivity index (χ2n) is 8.48. The minimum Gasteiger partial charge on any atom is -0.491 e. The summed E-state index contributed by atoms with van der Waals surface area (Å²) in [6.45, 7) is 0.255. The van der Waals surface area contributed by atoms with Gasteiger partial charge in [0.1, 0.15) is 24.7 Å². The first-order chi connectivity index (χ1) is 18.2. The van der Waals surface area contributed by atoms with Crippen molar-refractivity contribution in [2.45, 2.75) is 5.41 Å². The first kappa shape index (κ1) is 26.4. The number of rotatable bonds is 9. The molecule has 0 bridgehead atoms. The highest BCUT2D eigenvalue weighted by molar-refractivity contribution is 5.86. The van der Waals surface area contributed by atoms with Crippen molar-refractivity contribution in [1.82, 2.24) is 0 Å². The zero-order valence-electron chi connectivity index (χ0n) is 20.6. The number of ether oxygens (including phenoxy) is 2. The van der Waals surface area contributed by atoms with Crippen LogP contribution < -0.4 is 9.47 Å². The molecule has 4 aromatic rings. The van der Waals surface area contributed by atoms with Crippen LogP contribution in [0.15, 0.2) is 97.1 Å². The van der Waals surface area contributed by atoms with E-state index < -0.39 is 5.41 Å². The Bertz CT molecular complexity index is 1170. The van der Waals surface area contributed by atoms with Crippen molar-refractivity contribution < 1.29 is 29.9 Å². The molecule has 1 aliphatic carbocycles. The maximum atomic E-state index is 9.09. The highest BCUT2D eigenvalue weighted by atomic mass is 16.5. The number of fused-ring (bicyclic) bond motifs is 3. The molecular formula is C31H32O6. The standard InChI is InChI=1S/C29H26O4.C2H6O2/c30-17-19-32-23-13-9-21(10-14-23)29(22-11-15-24(16-12-22)33-20-18-31)27-7-3-1-5-25(27)26-6-2-4-8-28(26)29;3-1-2-4/h1-16,30-31H,17-20H2;3-4H,1-2H2. The van der Waals surface area contributed by atoms with Gasteiger partial charge in [-0.1, -0.05) is 72.8 Å². The molecule has 0 atom stereocenters. The lowest BCUT2D eigenvalue weighted by Crippen LogP contribution is -2.28. The molecule has 4 aromatic carbocycles. The second kappa shape index (κ2) is 12.5. The van der Waals surface area contributed by atoms with E-state index in [-0.39, 0.29) is 39.6 Å². The van der Waals surface area contributed by atoms with Gasteiger partial charge in [0.2, 0.25) is 0 Å². The Morgan fingerprint density at radius 3 is 1.19 bits per heavy atom. The average Bonchev–Trinajstić information content (AvgIpc) is 3.27. The topological polar surface area (TPSA) is 99.4 Å². The fourth-order valence-electron chi connectivity index (χ4n) is 4.95. The third kappa shape index (κ3) is 5.24. The van der Waals surface area contributed by atoms with E-state index in [1.54, 1.807) is 0 Å². The number of benzene rings is 4. The van der Waals surface area contributed by atoms with Gasteiger partial charge in [0.15, 0.2) is 0 Å². The Balaban J connectivity index is 0.000000747. The lowest BCUT2D eigenvalue weighted by atomic mass is 9.68. The molecule has 0 saturated heterocycles. The van der Waals surface area contributed by atoms with E-state index in [1.165, 1.54) is 22.3 Å². The molecule has 4 N–H and O–H groups in total. The quantitative estimate of drug-likeness (QED) is 0.246. The van der Waals surface area contributed by atoms with Crippen LogP contribution in [0.2, 0.25) is 0 Å². The molecule has 192 valence electrons. The molecule has 0 spiro atoms. The Morgan fingerprint density at radius 1 is 0.459 bits per heavy atom. The van der Waals surface area contributed by atoms with Gasteiger partial charge in [-0.25, -0.2) is 0 Å². The summed E-state index contributed by atoms with van der Waals surface area (Å²) < 4.78 is 11.2. The first-order valence-electron chi connectivity index (χ1n) is 12.3. The van der Waals surface area contributed by atoms with Gasteiger partial charge in [0.25, 0.3) is 0 Å². The molecule has 0 aromatic heterocycles. The fraction of sp³-hybridized carbons (Fsp3) is 0.226. The Morgan fingerprint density at radius 2 is 0.838 bits per heavy atom. The molecular weight excluding hydrogens is 468 g/mol. The highest BCUT2D eigenvalue weighted by Crippen LogP contribution is 2.56. The summed E-state index contributed by atoms with van der Waals surface area (Å²) >= 11 is 0. The summed E-state index contributed by atoms with van der Waals surface area (Å²) in [5.41, 5.74) is 6.72. The predicted octanol–water partition coefficient (Wildman–Crippen LogP) is 3.76. The van der Waals surface area contributed by atoms with Crippen molar-refractivity contribution >= 4 is 0 Å². The van der Waals surface area contributed by atoms with Crippen molar-refractivity contribution in [3.05, 3.63) is 119 Å². The van der Waals surface area contributed by atoms with Crippen LogP contribution in [0.4, 0.5) is 0 Å². The van der Waals surface area contributed by atoms with Crippen molar-refractivity contribution in [1.29, 1.82) is 0 Å². The van der Waals surface area contributed by atoms with Gasteiger partial charge >= 0.3 is 0 Å². The van der Waals surface area contributed by atoms with Gasteiger partial charge in [-0.2, -0.15) is 0 Å². The molecule has 0 amide bonds. The molecule has 1 aliphatic rings. The molecule has 0 heterocycles. The molecule has 37 heavy (non-hydrogen) atoms. The van der Waals surface area contributed by atoms with Crippen LogP contribution in [0.5, 0.6) is 11.5 Å². The van der Waals surface area contributed by atoms with Gasteiger partial charge in [-0.3, -0.25) is 0 Å². The predicted molar refractivity (Wildman–Crippen MR) is 143 cm³/mol. The van der Waals surface area contributed by atoms with Crippen LogP contribution in [0.1, 0.15) is 22.3 Å². The zero-order valence-corrected chi connectivity index (χ0v) is 20.6. The summed E-state index contributed by atoms with van der Waals surface area (Å²) in [7, 11) is 0. The van der Waals surface area contributed by atoms with Crippen molar-refractivity contribution in [3.8, 4) is 22.6 Å². The Labute approximate surface area is 217 Å². The van der Waals surface area contributed by atoms with E-state index in [9.17, 15) is 0 Å². The molecule has 0 unspecified atom stereocenters. The van der Waals surface area contributed by atoms with Gasteiger partial charge < -0.3 is 29.9 Å². The normalized spacial score (nSPS) is 12.6. The molecule has 5 rings (SSSR count). The van der Waals surface area contributed by atoms with Gasteiger partial charge in [0.05, 0.1) is 31.8 Å². The van der Waals surface area contributed by atoms with Crippen LogP contribution in [0, 0.1) is 0 Å². The fourth-order valence-corrected chi connectivity index (χ4v) is 4.95. The van der Waals surface area contributed by atoms with Crippen molar-refractivity contribution in [2.24, 2.45) is 0 Å². The van der Waals surface area contributed by atoms with E-state index in [4.69, 9.17) is 29.9 Å². The molecule has 0 saturated carbocycles. The SMILES string of the molecule is OCCO.OCCOc1ccc(C2(c3ccc(OCCO)cc3)c3ccccc3-c3ccccc32)cc1. The number of hydrogen-bond donors (Lipinski definition) is 4. The molecule has 6 heteroatoms. The molecule has 0 fully saturated rings. The number of hydrogen-bond acceptors (Lipinski definition) is 6. The maximum Gasteiger partial charge on any atom is 0.119 e. The summed E-state index contributed by atoms with van der Waals surface area (Å²) in [6, 6.07) is 33.5. The maximum absolute atomic E-state index is 9.09. The Kier molecular flexibility index (Phi) is 8.93. The second-order valence-corrected chi connectivity index (χ2v) is 8.48. The Hall–Kier alpha value is -3.68. The van der Waals surface area contributed by atoms with Crippen molar-refractivity contribution in [2.75, 3.05) is 39.6 Å². The third-order valence-corrected chi connectivity index (χ3v) is 6.35. The van der Waals surface area contributed by atoms with Gasteiger partial charge in [-0.05, 0) is 57.6 Å². The number of aliphatic hydroxyl groups is 4. The van der Waals surface area contributed by atoms with E-state index in [2.05, 4.69) is 72.8 Å². The lowest BCUT2D eigenvalue weighted by molar-refractivity contribution is 0.186. The van der Waals surface area contributed by atoms with Crippen LogP contribution >= 0.6 is 0 Å². The van der Waals surface area contributed by atoms with Crippen molar-refractivity contribution in [3.63, 3.8) is 0 Å². The van der Waals surface area contributed by atoms with Crippen LogP contribution in [0.3, 0.4) is 0 Å². The van der Waals surface area contributed by atoms with E-state index in [1.807, 2.05) is 24.3 Å². The monoisotopic (exact) mass is 500 g/mol. The van der Waals surface area contributed by atoms with E-state index >= 15 is 0 Å². The molecule has 0 radical (unpaired) electrons. The highest BCUT2D eigenvalue weighted by Gasteiger charge is 2.45. The third-order valence-electron chi connectivity index (χ3n) is 6.35. The van der Waals surface area contributed by atoms with Crippen LogP contribution in [0.25, 0.3) is 11.1 Å².